The Balaban J connectivity index is 2.15. The molecule has 0 aliphatic heterocycles. The molecule has 112 valence electrons. The van der Waals surface area contributed by atoms with Crippen LogP contribution in [-0.4, -0.2) is 13.7 Å². The minimum Gasteiger partial charge on any atom is -0.496 e. The van der Waals surface area contributed by atoms with Crippen LogP contribution in [-0.2, 0) is 12.8 Å². The van der Waals surface area contributed by atoms with E-state index in [9.17, 15) is 0 Å². The van der Waals surface area contributed by atoms with E-state index in [-0.39, 0.29) is 5.92 Å². The molecule has 2 N–H and O–H groups in total. The SMILES string of the molecule is COc1ccccc1CC(CN)Cc1cc(Cl)ccc1Cl. The fraction of sp³-hybridized carbons (Fsp3) is 0.294. The Morgan fingerprint density at radius 2 is 1.76 bits per heavy atom. The van der Waals surface area contributed by atoms with Crippen LogP contribution in [0.4, 0.5) is 0 Å². The number of benzene rings is 2. The maximum atomic E-state index is 6.23. The van der Waals surface area contributed by atoms with Gasteiger partial charge in [0.15, 0.2) is 0 Å². The van der Waals surface area contributed by atoms with Gasteiger partial charge < -0.3 is 10.5 Å². The van der Waals surface area contributed by atoms with Gasteiger partial charge in [-0.05, 0) is 60.7 Å². The van der Waals surface area contributed by atoms with Crippen LogP contribution in [0.3, 0.4) is 0 Å². The third-order valence-electron chi connectivity index (χ3n) is 3.55. The van der Waals surface area contributed by atoms with Crippen LogP contribution in [0.1, 0.15) is 11.1 Å². The Kier molecular flexibility index (Phi) is 5.92. The maximum Gasteiger partial charge on any atom is 0.122 e. The van der Waals surface area contributed by atoms with Crippen molar-refractivity contribution in [3.8, 4) is 5.75 Å². The highest BCUT2D eigenvalue weighted by Gasteiger charge is 2.14. The third-order valence-corrected chi connectivity index (χ3v) is 4.15. The van der Waals surface area contributed by atoms with Gasteiger partial charge in [0.25, 0.3) is 0 Å². The van der Waals surface area contributed by atoms with Gasteiger partial charge in [-0.1, -0.05) is 41.4 Å². The van der Waals surface area contributed by atoms with E-state index < -0.39 is 0 Å². The summed E-state index contributed by atoms with van der Waals surface area (Å²) < 4.78 is 5.40. The highest BCUT2D eigenvalue weighted by atomic mass is 35.5. The van der Waals surface area contributed by atoms with E-state index in [1.54, 1.807) is 13.2 Å². The van der Waals surface area contributed by atoms with Crippen molar-refractivity contribution < 1.29 is 4.74 Å². The minimum absolute atomic E-state index is 0.289. The average Bonchev–Trinajstić information content (AvgIpc) is 2.50. The van der Waals surface area contributed by atoms with E-state index in [1.165, 1.54) is 0 Å². The van der Waals surface area contributed by atoms with Crippen molar-refractivity contribution in [1.29, 1.82) is 0 Å². The lowest BCUT2D eigenvalue weighted by atomic mass is 9.92. The van der Waals surface area contributed by atoms with Crippen LogP contribution in [0.15, 0.2) is 42.5 Å². The van der Waals surface area contributed by atoms with Gasteiger partial charge in [-0.15, -0.1) is 0 Å². The summed E-state index contributed by atoms with van der Waals surface area (Å²) in [6.45, 7) is 0.584. The highest BCUT2D eigenvalue weighted by molar-refractivity contribution is 6.33. The zero-order valence-electron chi connectivity index (χ0n) is 12.0. The van der Waals surface area contributed by atoms with Gasteiger partial charge in [0.1, 0.15) is 5.75 Å². The van der Waals surface area contributed by atoms with Crippen LogP contribution in [0.25, 0.3) is 0 Å². The highest BCUT2D eigenvalue weighted by Crippen LogP contribution is 2.26. The minimum atomic E-state index is 0.289. The Morgan fingerprint density at radius 3 is 2.48 bits per heavy atom. The van der Waals surface area contributed by atoms with E-state index in [0.717, 1.165) is 34.7 Å². The van der Waals surface area contributed by atoms with Crippen molar-refractivity contribution in [3.63, 3.8) is 0 Å². The van der Waals surface area contributed by atoms with Crippen molar-refractivity contribution in [2.24, 2.45) is 11.7 Å². The van der Waals surface area contributed by atoms with Crippen LogP contribution in [0.2, 0.25) is 10.0 Å². The predicted octanol–water partition coefficient (Wildman–Crippen LogP) is 4.36. The number of nitrogens with two attached hydrogens (primary N) is 1. The van der Waals surface area contributed by atoms with Crippen molar-refractivity contribution >= 4 is 23.2 Å². The summed E-state index contributed by atoms with van der Waals surface area (Å²) in [5, 5.41) is 1.43. The molecule has 0 aromatic heterocycles. The lowest BCUT2D eigenvalue weighted by Gasteiger charge is -2.17. The third kappa shape index (κ3) is 4.37. The molecule has 0 aliphatic carbocycles. The van der Waals surface area contributed by atoms with E-state index in [2.05, 4.69) is 6.07 Å². The average molecular weight is 324 g/mol. The molecule has 0 amide bonds. The molecule has 2 nitrogen and oxygen atoms in total. The first-order valence-electron chi connectivity index (χ1n) is 6.90. The Morgan fingerprint density at radius 1 is 1.05 bits per heavy atom. The Labute approximate surface area is 135 Å². The summed E-state index contributed by atoms with van der Waals surface area (Å²) in [5.74, 6) is 1.19. The van der Waals surface area contributed by atoms with Gasteiger partial charge in [-0.3, -0.25) is 0 Å². The number of rotatable bonds is 6. The molecule has 1 unspecified atom stereocenters. The molecule has 0 heterocycles. The van der Waals surface area contributed by atoms with Crippen LogP contribution in [0, 0.1) is 5.92 Å². The van der Waals surface area contributed by atoms with Crippen molar-refractivity contribution in [1.82, 2.24) is 0 Å². The summed E-state index contributed by atoms with van der Waals surface area (Å²) in [7, 11) is 1.68. The molecule has 2 rings (SSSR count). The fourth-order valence-electron chi connectivity index (χ4n) is 2.43. The van der Waals surface area contributed by atoms with E-state index >= 15 is 0 Å². The van der Waals surface area contributed by atoms with Crippen molar-refractivity contribution in [2.45, 2.75) is 12.8 Å². The predicted molar refractivity (Wildman–Crippen MR) is 89.4 cm³/mol. The number of hydrogen-bond donors (Lipinski definition) is 1. The number of para-hydroxylation sites is 1. The van der Waals surface area contributed by atoms with Gasteiger partial charge in [-0.25, -0.2) is 0 Å². The lowest BCUT2D eigenvalue weighted by Crippen LogP contribution is -2.19. The Hall–Kier alpha value is -1.22. The summed E-state index contributed by atoms with van der Waals surface area (Å²) in [6.07, 6.45) is 1.65. The number of ether oxygens (including phenoxy) is 1. The van der Waals surface area contributed by atoms with E-state index in [1.807, 2.05) is 30.3 Å². The normalized spacial score (nSPS) is 12.2. The van der Waals surface area contributed by atoms with Gasteiger partial charge in [0.05, 0.1) is 7.11 Å². The summed E-state index contributed by atoms with van der Waals surface area (Å²) in [4.78, 5) is 0. The summed E-state index contributed by atoms with van der Waals surface area (Å²) in [5.41, 5.74) is 8.13. The summed E-state index contributed by atoms with van der Waals surface area (Å²) in [6, 6.07) is 13.6. The molecule has 0 radical (unpaired) electrons. The molecule has 0 saturated heterocycles. The molecule has 1 atom stereocenters. The van der Waals surface area contributed by atoms with Gasteiger partial charge >= 0.3 is 0 Å². The summed E-state index contributed by atoms with van der Waals surface area (Å²) >= 11 is 12.3. The molecule has 2 aromatic rings. The second kappa shape index (κ2) is 7.69. The van der Waals surface area contributed by atoms with Crippen molar-refractivity contribution in [2.75, 3.05) is 13.7 Å². The van der Waals surface area contributed by atoms with Crippen LogP contribution < -0.4 is 10.5 Å². The fourth-order valence-corrected chi connectivity index (χ4v) is 2.82. The molecule has 0 fully saturated rings. The largest absolute Gasteiger partial charge is 0.496 e. The van der Waals surface area contributed by atoms with Gasteiger partial charge in [-0.2, -0.15) is 0 Å². The smallest absolute Gasteiger partial charge is 0.122 e. The van der Waals surface area contributed by atoms with Gasteiger partial charge in [0, 0.05) is 10.0 Å². The first-order valence-corrected chi connectivity index (χ1v) is 7.65. The molecule has 21 heavy (non-hydrogen) atoms. The standard InChI is InChI=1S/C17H19Cl2NO/c1-21-17-5-3-2-4-13(17)8-12(11-20)9-14-10-15(18)6-7-16(14)19/h2-7,10,12H,8-9,11,20H2,1H3. The first-order chi connectivity index (χ1) is 10.1. The maximum absolute atomic E-state index is 6.23. The molecular weight excluding hydrogens is 305 g/mol. The molecular formula is C17H19Cl2NO. The van der Waals surface area contributed by atoms with Gasteiger partial charge in [0.2, 0.25) is 0 Å². The molecule has 4 heteroatoms. The zero-order chi connectivity index (χ0) is 15.2. The monoisotopic (exact) mass is 323 g/mol. The molecule has 0 saturated carbocycles. The number of hydrogen-bond acceptors (Lipinski definition) is 2. The lowest BCUT2D eigenvalue weighted by molar-refractivity contribution is 0.404. The van der Waals surface area contributed by atoms with Crippen molar-refractivity contribution in [3.05, 3.63) is 63.6 Å². The zero-order valence-corrected chi connectivity index (χ0v) is 13.5. The number of halogens is 2. The topological polar surface area (TPSA) is 35.2 Å². The second-order valence-corrected chi connectivity index (χ2v) is 5.90. The van der Waals surface area contributed by atoms with E-state index in [0.29, 0.717) is 11.6 Å². The molecule has 0 aliphatic rings. The second-order valence-electron chi connectivity index (χ2n) is 5.06. The first kappa shape index (κ1) is 16.2. The van der Waals surface area contributed by atoms with Crippen LogP contribution >= 0.6 is 23.2 Å². The van der Waals surface area contributed by atoms with Crippen LogP contribution in [0.5, 0.6) is 5.75 Å². The molecule has 2 aromatic carbocycles. The number of methoxy groups -OCH3 is 1. The molecule has 0 bridgehead atoms. The van der Waals surface area contributed by atoms with E-state index in [4.69, 9.17) is 33.7 Å². The quantitative estimate of drug-likeness (QED) is 0.857. The Bertz CT molecular complexity index is 601. The molecule has 0 spiro atoms.